The van der Waals surface area contributed by atoms with Gasteiger partial charge in [-0.2, -0.15) is 11.8 Å². The fourth-order valence-corrected chi connectivity index (χ4v) is 5.53. The summed E-state index contributed by atoms with van der Waals surface area (Å²) in [5.74, 6) is -0.679. The van der Waals surface area contributed by atoms with Crippen molar-refractivity contribution in [2.24, 2.45) is 17.4 Å². The molecule has 0 aromatic carbocycles. The fourth-order valence-electron chi connectivity index (χ4n) is 3.99. The summed E-state index contributed by atoms with van der Waals surface area (Å²) in [5, 5.41) is 29.0. The number of hydrogen-bond acceptors (Lipinski definition) is 7. The molecule has 2 saturated heterocycles. The van der Waals surface area contributed by atoms with Crippen molar-refractivity contribution >= 4 is 23.8 Å². The van der Waals surface area contributed by atoms with Gasteiger partial charge in [-0.05, 0) is 39.0 Å². The van der Waals surface area contributed by atoms with Crippen molar-refractivity contribution in [3.05, 3.63) is 0 Å². The molecule has 2 heterocycles. The lowest BCUT2D eigenvalue weighted by Crippen LogP contribution is -2.49. The van der Waals surface area contributed by atoms with Crippen LogP contribution in [0.5, 0.6) is 0 Å². The number of rotatable bonds is 13. The molecule has 28 heavy (non-hydrogen) atoms. The van der Waals surface area contributed by atoms with Crippen LogP contribution in [0.4, 0.5) is 4.79 Å². The number of carboxylic acid groups (broad SMARTS) is 1. The summed E-state index contributed by atoms with van der Waals surface area (Å²) < 4.78 is 0. The number of carbonyl (C=O) groups is 2. The van der Waals surface area contributed by atoms with Gasteiger partial charge in [0, 0.05) is 29.6 Å². The van der Waals surface area contributed by atoms with Crippen LogP contribution in [-0.4, -0.2) is 70.2 Å². The second kappa shape index (κ2) is 11.2. The molecular weight excluding hydrogens is 382 g/mol. The maximum absolute atomic E-state index is 11.8. The lowest BCUT2D eigenvalue weighted by molar-refractivity contribution is -0.143. The zero-order valence-corrected chi connectivity index (χ0v) is 17.3. The van der Waals surface area contributed by atoms with Gasteiger partial charge in [0.25, 0.3) is 0 Å². The summed E-state index contributed by atoms with van der Waals surface area (Å²) in [6, 6.07) is -0.232. The summed E-state index contributed by atoms with van der Waals surface area (Å²) in [6.45, 7) is 2.06. The monoisotopic (exact) mass is 417 g/mol. The quantitative estimate of drug-likeness (QED) is 0.160. The number of urea groups is 1. The summed E-state index contributed by atoms with van der Waals surface area (Å²) in [5.41, 5.74) is 11.5. The first-order valence-electron chi connectivity index (χ1n) is 10.1. The summed E-state index contributed by atoms with van der Waals surface area (Å²) >= 11 is 1.82. The SMILES string of the molecule is CC(N)CCCC(O)NC(CN)C(CCC[C@@H]1SC[C@@H]2NC(=O)N[C@@H]21)C(=O)O. The zero-order chi connectivity index (χ0) is 20.7. The third-order valence-electron chi connectivity index (χ3n) is 5.54. The molecule has 2 aliphatic rings. The summed E-state index contributed by atoms with van der Waals surface area (Å²) in [7, 11) is 0. The number of carboxylic acids is 1. The molecule has 2 amide bonds. The number of nitrogens with one attached hydrogen (secondary N) is 3. The Morgan fingerprint density at radius 3 is 2.71 bits per heavy atom. The van der Waals surface area contributed by atoms with Gasteiger partial charge in [0.15, 0.2) is 0 Å². The topological polar surface area (TPSA) is 163 Å². The number of fused-ring (bicyclic) bond motifs is 1. The van der Waals surface area contributed by atoms with E-state index in [1.54, 1.807) is 0 Å². The molecule has 0 aliphatic carbocycles. The van der Waals surface area contributed by atoms with Gasteiger partial charge in [-0.25, -0.2) is 4.79 Å². The predicted octanol–water partition coefficient (Wildman–Crippen LogP) is -0.224. The second-order valence-corrected chi connectivity index (χ2v) is 9.20. The van der Waals surface area contributed by atoms with Crippen LogP contribution in [0.2, 0.25) is 0 Å². The highest BCUT2D eigenvalue weighted by atomic mass is 32.2. The molecule has 2 aliphatic heterocycles. The number of thioether (sulfide) groups is 1. The number of hydrogen-bond donors (Lipinski definition) is 7. The third kappa shape index (κ3) is 6.77. The Balaban J connectivity index is 1.78. The van der Waals surface area contributed by atoms with Crippen molar-refractivity contribution in [2.45, 2.75) is 81.1 Å². The number of aliphatic hydroxyl groups is 1. The molecule has 0 radical (unpaired) electrons. The number of amides is 2. The first kappa shape index (κ1) is 23.2. The molecule has 4 unspecified atom stereocenters. The molecular formula is C18H35N5O4S. The van der Waals surface area contributed by atoms with Crippen LogP contribution in [0.1, 0.15) is 45.4 Å². The van der Waals surface area contributed by atoms with Crippen molar-refractivity contribution in [3.63, 3.8) is 0 Å². The number of nitrogens with two attached hydrogens (primary N) is 2. The number of aliphatic carboxylic acids is 1. The second-order valence-electron chi connectivity index (χ2n) is 7.93. The van der Waals surface area contributed by atoms with Gasteiger partial charge in [0.05, 0.1) is 18.0 Å². The van der Waals surface area contributed by atoms with Gasteiger partial charge in [0.2, 0.25) is 0 Å². The van der Waals surface area contributed by atoms with Gasteiger partial charge in [0.1, 0.15) is 6.23 Å². The largest absolute Gasteiger partial charge is 0.481 e. The molecule has 2 rings (SSSR count). The van der Waals surface area contributed by atoms with Crippen molar-refractivity contribution in [2.75, 3.05) is 12.3 Å². The van der Waals surface area contributed by atoms with Crippen molar-refractivity contribution in [1.82, 2.24) is 16.0 Å². The van der Waals surface area contributed by atoms with Crippen LogP contribution in [0.25, 0.3) is 0 Å². The maximum Gasteiger partial charge on any atom is 0.315 e. The van der Waals surface area contributed by atoms with Crippen LogP contribution < -0.4 is 27.4 Å². The Labute approximate surface area is 170 Å². The highest BCUT2D eigenvalue weighted by Gasteiger charge is 2.42. The molecule has 162 valence electrons. The van der Waals surface area contributed by atoms with Crippen LogP contribution in [0.15, 0.2) is 0 Å². The lowest BCUT2D eigenvalue weighted by atomic mass is 9.92. The molecule has 0 bridgehead atoms. The van der Waals surface area contributed by atoms with Crippen LogP contribution in [0.3, 0.4) is 0 Å². The smallest absolute Gasteiger partial charge is 0.315 e. The van der Waals surface area contributed by atoms with Crippen LogP contribution in [-0.2, 0) is 4.79 Å². The van der Waals surface area contributed by atoms with E-state index < -0.39 is 24.2 Å². The van der Waals surface area contributed by atoms with Gasteiger partial charge in [-0.15, -0.1) is 0 Å². The molecule has 7 atom stereocenters. The van der Waals surface area contributed by atoms with E-state index in [1.807, 2.05) is 18.7 Å². The van der Waals surface area contributed by atoms with E-state index in [2.05, 4.69) is 16.0 Å². The van der Waals surface area contributed by atoms with Gasteiger partial charge in [-0.3, -0.25) is 10.1 Å². The van der Waals surface area contributed by atoms with E-state index in [9.17, 15) is 19.8 Å². The standard InChI is InChI=1S/C18H35N5O4S/c1-10(20)4-2-7-15(24)21-12(8-19)11(17(25)26)5-3-6-14-16-13(9-28-14)22-18(27)23-16/h10-16,21,24H,2-9,19-20H2,1H3,(H,25,26)(H2,22,23,27)/t10?,11?,12?,13-,14-,15?,16-/m0/s1. The molecule has 0 saturated carbocycles. The van der Waals surface area contributed by atoms with Crippen LogP contribution in [0, 0.1) is 5.92 Å². The molecule has 0 spiro atoms. The minimum absolute atomic E-state index is 0.0807. The van der Waals surface area contributed by atoms with Gasteiger partial charge in [-0.1, -0.05) is 6.42 Å². The predicted molar refractivity (Wildman–Crippen MR) is 110 cm³/mol. The minimum Gasteiger partial charge on any atom is -0.481 e. The van der Waals surface area contributed by atoms with Crippen molar-refractivity contribution < 1.29 is 19.8 Å². The highest BCUT2D eigenvalue weighted by Crippen LogP contribution is 2.33. The Morgan fingerprint density at radius 1 is 1.32 bits per heavy atom. The highest BCUT2D eigenvalue weighted by molar-refractivity contribution is 8.00. The van der Waals surface area contributed by atoms with E-state index in [0.29, 0.717) is 18.1 Å². The molecule has 0 aromatic heterocycles. The summed E-state index contributed by atoms with van der Waals surface area (Å²) in [6.07, 6.45) is 3.34. The van der Waals surface area contributed by atoms with E-state index >= 15 is 0 Å². The van der Waals surface area contributed by atoms with E-state index in [-0.39, 0.29) is 30.7 Å². The van der Waals surface area contributed by atoms with E-state index in [1.165, 1.54) is 0 Å². The molecule has 0 aromatic rings. The third-order valence-corrected chi connectivity index (χ3v) is 7.05. The Kier molecular flexibility index (Phi) is 9.29. The molecule has 10 heteroatoms. The molecule has 9 nitrogen and oxygen atoms in total. The van der Waals surface area contributed by atoms with Crippen molar-refractivity contribution in [3.8, 4) is 0 Å². The average molecular weight is 418 g/mol. The van der Waals surface area contributed by atoms with E-state index in [4.69, 9.17) is 11.5 Å². The Bertz CT molecular complexity index is 524. The fraction of sp³-hybridized carbons (Fsp3) is 0.889. The van der Waals surface area contributed by atoms with Crippen molar-refractivity contribution in [1.29, 1.82) is 0 Å². The normalized spacial score (nSPS) is 28.1. The Hall–Kier alpha value is -1.07. The minimum atomic E-state index is -0.904. The number of aliphatic hydroxyl groups excluding tert-OH is 1. The molecule has 2 fully saturated rings. The van der Waals surface area contributed by atoms with Gasteiger partial charge < -0.3 is 32.3 Å². The van der Waals surface area contributed by atoms with Gasteiger partial charge >= 0.3 is 12.0 Å². The maximum atomic E-state index is 11.8. The zero-order valence-electron chi connectivity index (χ0n) is 16.5. The number of carbonyl (C=O) groups excluding carboxylic acids is 1. The summed E-state index contributed by atoms with van der Waals surface area (Å²) in [4.78, 5) is 23.2. The average Bonchev–Trinajstić information content (AvgIpc) is 3.16. The Morgan fingerprint density at radius 2 is 2.07 bits per heavy atom. The first-order chi connectivity index (χ1) is 13.3. The van der Waals surface area contributed by atoms with E-state index in [0.717, 1.165) is 31.4 Å². The lowest BCUT2D eigenvalue weighted by Gasteiger charge is -2.27. The molecule has 9 N–H and O–H groups in total. The first-order valence-corrected chi connectivity index (χ1v) is 11.2. The van der Waals surface area contributed by atoms with Crippen LogP contribution >= 0.6 is 11.8 Å².